The summed E-state index contributed by atoms with van der Waals surface area (Å²) in [5.41, 5.74) is -0.0726. The molecule has 4 fully saturated rings. The number of benzene rings is 2. The second kappa shape index (κ2) is 14.6. The summed E-state index contributed by atoms with van der Waals surface area (Å²) in [4.78, 5) is 30.4. The predicted octanol–water partition coefficient (Wildman–Crippen LogP) is 6.18. The molecule has 0 unspecified atom stereocenters. The van der Waals surface area contributed by atoms with E-state index in [2.05, 4.69) is 31.0 Å². The molecule has 53 heavy (non-hydrogen) atoms. The number of pyridine rings is 1. The number of nitrogens with zero attached hydrogens (tertiary/aromatic N) is 5. The summed E-state index contributed by atoms with van der Waals surface area (Å²) in [6.45, 7) is 4.72. The molecule has 2 aliphatic carbocycles. The van der Waals surface area contributed by atoms with Gasteiger partial charge in [0.2, 0.25) is 0 Å². The van der Waals surface area contributed by atoms with Gasteiger partial charge in [0.25, 0.3) is 0 Å². The van der Waals surface area contributed by atoms with Gasteiger partial charge in [0, 0.05) is 60.9 Å². The van der Waals surface area contributed by atoms with E-state index >= 15 is 4.39 Å². The number of fused-ring (bicyclic) bond motifs is 3. The number of nitrogens with one attached hydrogen (secondary N) is 1. The fourth-order valence-electron chi connectivity index (χ4n) is 9.22. The number of carbonyl (C=O) groups excluding carboxylic acids is 1. The normalized spacial score (nSPS) is 24.6. The molecule has 8 rings (SSSR count). The molecule has 2 aromatic heterocycles. The molecule has 0 radical (unpaired) electrons. The highest BCUT2D eigenvalue weighted by molar-refractivity contribution is 6.03. The van der Waals surface area contributed by atoms with Crippen LogP contribution in [0.3, 0.4) is 0 Å². The lowest BCUT2D eigenvalue weighted by molar-refractivity contribution is -0.0162. The summed E-state index contributed by atoms with van der Waals surface area (Å²) >= 11 is 0. The molecule has 4 aromatic rings. The van der Waals surface area contributed by atoms with Crippen molar-refractivity contribution in [2.45, 2.75) is 63.5 Å². The van der Waals surface area contributed by atoms with Crippen molar-refractivity contribution in [3.05, 3.63) is 47.7 Å². The number of carbonyl (C=O) groups is 1. The van der Waals surface area contributed by atoms with E-state index < -0.39 is 11.6 Å². The number of likely N-dealkylation sites (tertiary alicyclic amines) is 1. The number of piperidine rings is 1. The van der Waals surface area contributed by atoms with Crippen LogP contribution in [0.5, 0.6) is 11.8 Å². The van der Waals surface area contributed by atoms with Crippen molar-refractivity contribution in [3.8, 4) is 35.4 Å². The molecular weight excluding hydrogens is 682 g/mol. The van der Waals surface area contributed by atoms with E-state index in [1.54, 1.807) is 0 Å². The fourth-order valence-corrected chi connectivity index (χ4v) is 9.22. The first-order valence-electron chi connectivity index (χ1n) is 18.6. The SMILES string of the molecule is C#Cc1c(F)ccc2cc(O)cc(-c3ncc4c(N5CCCOCC5)nc(OC[C@]56CCC[C@H]5N(CC5CC(NC(=O)OC)C5)CCC6)nc4c3F)c12. The first kappa shape index (κ1) is 35.2. The van der Waals surface area contributed by atoms with Crippen LogP contribution in [-0.2, 0) is 9.47 Å². The van der Waals surface area contributed by atoms with Crippen molar-refractivity contribution >= 4 is 33.6 Å². The van der Waals surface area contributed by atoms with Crippen molar-refractivity contribution in [2.75, 3.05) is 58.0 Å². The molecule has 2 aromatic carbocycles. The minimum Gasteiger partial charge on any atom is -0.508 e. The highest BCUT2D eigenvalue weighted by atomic mass is 19.1. The molecule has 2 aliphatic heterocycles. The zero-order valence-electron chi connectivity index (χ0n) is 29.9. The zero-order valence-corrected chi connectivity index (χ0v) is 29.9. The molecule has 0 spiro atoms. The largest absolute Gasteiger partial charge is 0.508 e. The minimum absolute atomic E-state index is 0.0150. The Bertz CT molecular complexity index is 2080. The highest BCUT2D eigenvalue weighted by Crippen LogP contribution is 2.49. The number of hydrogen-bond acceptors (Lipinski definition) is 10. The Morgan fingerprint density at radius 2 is 1.98 bits per heavy atom. The third-order valence-electron chi connectivity index (χ3n) is 11.8. The number of phenols is 1. The number of terminal acetylenes is 1. The number of phenolic OH excluding ortho intramolecular Hbond substituents is 1. The third kappa shape index (κ3) is 6.67. The fraction of sp³-hybridized carbons (Fsp3) is 0.500. The van der Waals surface area contributed by atoms with Crippen LogP contribution in [0.15, 0.2) is 30.5 Å². The van der Waals surface area contributed by atoms with Gasteiger partial charge in [-0.25, -0.2) is 13.6 Å². The smallest absolute Gasteiger partial charge is 0.407 e. The van der Waals surface area contributed by atoms with Crippen molar-refractivity contribution in [1.29, 1.82) is 0 Å². The Balaban J connectivity index is 1.12. The molecule has 11 nitrogen and oxygen atoms in total. The maximum atomic E-state index is 17.0. The summed E-state index contributed by atoms with van der Waals surface area (Å²) in [6, 6.07) is 6.12. The highest BCUT2D eigenvalue weighted by Gasteiger charge is 2.49. The Morgan fingerprint density at radius 1 is 1.13 bits per heavy atom. The van der Waals surface area contributed by atoms with E-state index in [1.807, 2.05) is 0 Å². The van der Waals surface area contributed by atoms with Gasteiger partial charge >= 0.3 is 12.1 Å². The van der Waals surface area contributed by atoms with Gasteiger partial charge < -0.3 is 29.5 Å². The van der Waals surface area contributed by atoms with Crippen LogP contribution in [-0.4, -0.2) is 96.2 Å². The van der Waals surface area contributed by atoms with Gasteiger partial charge in [-0.1, -0.05) is 18.4 Å². The van der Waals surface area contributed by atoms with E-state index in [0.717, 1.165) is 64.5 Å². The van der Waals surface area contributed by atoms with E-state index in [0.29, 0.717) is 61.5 Å². The van der Waals surface area contributed by atoms with Crippen molar-refractivity contribution < 1.29 is 32.9 Å². The Labute approximate surface area is 307 Å². The van der Waals surface area contributed by atoms with Crippen LogP contribution in [0.2, 0.25) is 0 Å². The van der Waals surface area contributed by atoms with Crippen LogP contribution in [0.25, 0.3) is 32.9 Å². The number of anilines is 1. The lowest BCUT2D eigenvalue weighted by Crippen LogP contribution is -2.55. The monoisotopic (exact) mass is 726 g/mol. The second-order valence-corrected chi connectivity index (χ2v) is 15.0. The van der Waals surface area contributed by atoms with E-state index in [4.69, 9.17) is 25.6 Å². The first-order chi connectivity index (χ1) is 25.8. The molecule has 2 N–H and O–H groups in total. The summed E-state index contributed by atoms with van der Waals surface area (Å²) in [7, 11) is 1.39. The van der Waals surface area contributed by atoms with Crippen molar-refractivity contribution in [1.82, 2.24) is 25.2 Å². The van der Waals surface area contributed by atoms with Crippen LogP contribution >= 0.6 is 0 Å². The average Bonchev–Trinajstić information content (AvgIpc) is 3.40. The van der Waals surface area contributed by atoms with Gasteiger partial charge in [0.1, 0.15) is 28.6 Å². The predicted molar refractivity (Wildman–Crippen MR) is 196 cm³/mol. The summed E-state index contributed by atoms with van der Waals surface area (Å²) in [5.74, 6) is 1.90. The molecule has 13 heteroatoms. The van der Waals surface area contributed by atoms with Gasteiger partial charge in [-0.05, 0) is 81.0 Å². The van der Waals surface area contributed by atoms with Gasteiger partial charge in [0.15, 0.2) is 5.82 Å². The van der Waals surface area contributed by atoms with E-state index in [9.17, 15) is 14.3 Å². The van der Waals surface area contributed by atoms with Crippen molar-refractivity contribution in [2.24, 2.45) is 11.3 Å². The number of aromatic nitrogens is 3. The van der Waals surface area contributed by atoms with Gasteiger partial charge in [-0.15, -0.1) is 6.42 Å². The topological polar surface area (TPSA) is 122 Å². The molecule has 4 aliphatic rings. The maximum absolute atomic E-state index is 17.0. The average molecular weight is 727 g/mol. The molecule has 2 saturated carbocycles. The first-order valence-corrected chi connectivity index (χ1v) is 18.6. The van der Waals surface area contributed by atoms with Crippen molar-refractivity contribution in [3.63, 3.8) is 0 Å². The summed E-state index contributed by atoms with van der Waals surface area (Å²) in [5, 5.41) is 14.7. The molecule has 2 atom stereocenters. The lowest BCUT2D eigenvalue weighted by Gasteiger charge is -2.49. The number of halogens is 2. The Morgan fingerprint density at radius 3 is 2.81 bits per heavy atom. The summed E-state index contributed by atoms with van der Waals surface area (Å²) < 4.78 is 49.0. The molecular formula is C40H44F2N6O5. The van der Waals surface area contributed by atoms with Gasteiger partial charge in [0.05, 0.1) is 31.3 Å². The Kier molecular flexibility index (Phi) is 9.68. The molecule has 0 bridgehead atoms. The maximum Gasteiger partial charge on any atom is 0.407 e. The number of alkyl carbamates (subject to hydrolysis) is 1. The van der Waals surface area contributed by atoms with E-state index in [1.165, 1.54) is 37.6 Å². The van der Waals surface area contributed by atoms with Crippen LogP contribution in [0, 0.1) is 35.3 Å². The number of methoxy groups -OCH3 is 1. The number of hydrogen-bond donors (Lipinski definition) is 2. The van der Waals surface area contributed by atoms with Crippen LogP contribution in [0.1, 0.15) is 56.9 Å². The Hall–Kier alpha value is -4.80. The minimum atomic E-state index is -0.748. The van der Waals surface area contributed by atoms with Gasteiger partial charge in [-0.3, -0.25) is 9.88 Å². The molecule has 2 saturated heterocycles. The number of ether oxygens (including phenoxy) is 3. The second-order valence-electron chi connectivity index (χ2n) is 15.0. The summed E-state index contributed by atoms with van der Waals surface area (Å²) in [6.07, 6.45) is 14.8. The third-order valence-corrected chi connectivity index (χ3v) is 11.8. The lowest BCUT2D eigenvalue weighted by atomic mass is 9.74. The number of rotatable bonds is 8. The molecule has 4 heterocycles. The number of amides is 1. The number of aromatic hydroxyl groups is 1. The van der Waals surface area contributed by atoms with Crippen LogP contribution in [0.4, 0.5) is 19.4 Å². The quantitative estimate of drug-likeness (QED) is 0.204. The molecule has 1 amide bonds. The van der Waals surface area contributed by atoms with Gasteiger partial charge in [-0.2, -0.15) is 9.97 Å². The zero-order chi connectivity index (χ0) is 36.7. The van der Waals surface area contributed by atoms with Crippen LogP contribution < -0.4 is 15.0 Å². The molecule has 278 valence electrons. The standard InChI is InChI=1S/C40H44F2N6O5/c1-3-28-31(41)9-8-25-19-27(49)20-29(33(25)28)35-34(42)36-30(21-43-35)37(47-13-6-15-52-16-14-47)46-38(45-36)53-23-40-10-4-7-32(40)48(12-5-11-40)22-24-17-26(18-24)44-39(50)51-2/h1,8-9,19-21,24,26,32,49H,4-7,10-18,22-23H2,2H3,(H,44,50)/t24?,26?,32-,40-/m1/s1. The van der Waals surface area contributed by atoms with E-state index in [-0.39, 0.29) is 57.0 Å².